The van der Waals surface area contributed by atoms with E-state index in [0.29, 0.717) is 5.82 Å². The Morgan fingerprint density at radius 1 is 1.67 bits per heavy atom. The standard InChI is InChI=1S/C9H14N4O2/c1-6-11-9(15-13-6)12-8(14)7-3-2-4-10-5-7/h7,10H,2-5H2,1H3,(H,11,12,13,14)/t7-/m0/s1. The van der Waals surface area contributed by atoms with Crippen LogP contribution in [0.15, 0.2) is 4.52 Å². The molecule has 1 atom stereocenters. The largest absolute Gasteiger partial charge is 0.328 e. The van der Waals surface area contributed by atoms with Gasteiger partial charge in [-0.2, -0.15) is 4.98 Å². The molecule has 1 aromatic rings. The van der Waals surface area contributed by atoms with Crippen molar-refractivity contribution >= 4 is 11.9 Å². The third-order valence-electron chi connectivity index (χ3n) is 2.43. The number of anilines is 1. The van der Waals surface area contributed by atoms with Crippen molar-refractivity contribution in [1.82, 2.24) is 15.5 Å². The Morgan fingerprint density at radius 2 is 2.53 bits per heavy atom. The zero-order valence-electron chi connectivity index (χ0n) is 8.62. The fourth-order valence-corrected chi connectivity index (χ4v) is 1.63. The molecule has 1 aromatic heterocycles. The lowest BCUT2D eigenvalue weighted by Gasteiger charge is -2.20. The van der Waals surface area contributed by atoms with Gasteiger partial charge in [0.2, 0.25) is 5.91 Å². The van der Waals surface area contributed by atoms with Gasteiger partial charge in [0.25, 0.3) is 0 Å². The summed E-state index contributed by atoms with van der Waals surface area (Å²) in [6.45, 7) is 3.42. The lowest BCUT2D eigenvalue weighted by atomic mass is 9.99. The lowest BCUT2D eigenvalue weighted by Crippen LogP contribution is -2.37. The first-order valence-corrected chi connectivity index (χ1v) is 5.07. The first-order valence-electron chi connectivity index (χ1n) is 5.07. The number of carbonyl (C=O) groups is 1. The van der Waals surface area contributed by atoms with Crippen molar-refractivity contribution in [3.8, 4) is 0 Å². The van der Waals surface area contributed by atoms with E-state index in [4.69, 9.17) is 4.52 Å². The highest BCUT2D eigenvalue weighted by Gasteiger charge is 2.22. The van der Waals surface area contributed by atoms with Crippen molar-refractivity contribution in [2.24, 2.45) is 5.92 Å². The van der Waals surface area contributed by atoms with Gasteiger partial charge in [-0.15, -0.1) is 0 Å². The van der Waals surface area contributed by atoms with Crippen LogP contribution in [0, 0.1) is 12.8 Å². The van der Waals surface area contributed by atoms with Crippen LogP contribution in [0.25, 0.3) is 0 Å². The van der Waals surface area contributed by atoms with Crippen LogP contribution in [0.2, 0.25) is 0 Å². The molecule has 0 aromatic carbocycles. The number of piperidine rings is 1. The predicted molar refractivity (Wildman–Crippen MR) is 53.3 cm³/mol. The van der Waals surface area contributed by atoms with Crippen LogP contribution in [0.3, 0.4) is 0 Å². The molecule has 0 radical (unpaired) electrons. The molecule has 15 heavy (non-hydrogen) atoms. The van der Waals surface area contributed by atoms with E-state index in [1.807, 2.05) is 0 Å². The molecule has 2 rings (SSSR count). The van der Waals surface area contributed by atoms with Crippen LogP contribution in [0.1, 0.15) is 18.7 Å². The SMILES string of the molecule is Cc1noc(NC(=O)[C@H]2CCCNC2)n1. The Bertz CT molecular complexity index is 344. The van der Waals surface area contributed by atoms with Crippen molar-refractivity contribution in [1.29, 1.82) is 0 Å². The van der Waals surface area contributed by atoms with Crippen molar-refractivity contribution in [3.05, 3.63) is 5.82 Å². The minimum Gasteiger partial charge on any atom is -0.316 e. The van der Waals surface area contributed by atoms with E-state index in [0.717, 1.165) is 25.9 Å². The Morgan fingerprint density at radius 3 is 3.13 bits per heavy atom. The number of rotatable bonds is 2. The average molecular weight is 210 g/mol. The van der Waals surface area contributed by atoms with Gasteiger partial charge in [-0.1, -0.05) is 5.16 Å². The normalized spacial score (nSPS) is 21.3. The van der Waals surface area contributed by atoms with Gasteiger partial charge in [-0.3, -0.25) is 10.1 Å². The van der Waals surface area contributed by atoms with Gasteiger partial charge in [0.15, 0.2) is 5.82 Å². The van der Waals surface area contributed by atoms with Gasteiger partial charge in [0, 0.05) is 6.54 Å². The summed E-state index contributed by atoms with van der Waals surface area (Å²) >= 11 is 0. The number of aromatic nitrogens is 2. The minimum absolute atomic E-state index is 0.00551. The molecule has 0 bridgehead atoms. The molecular formula is C9H14N4O2. The maximum absolute atomic E-state index is 11.7. The maximum atomic E-state index is 11.7. The number of amides is 1. The summed E-state index contributed by atoms with van der Waals surface area (Å²) in [5.74, 6) is 0.476. The van der Waals surface area contributed by atoms with E-state index in [1.54, 1.807) is 6.92 Å². The van der Waals surface area contributed by atoms with Crippen molar-refractivity contribution in [3.63, 3.8) is 0 Å². The number of hydrogen-bond donors (Lipinski definition) is 2. The first-order chi connectivity index (χ1) is 7.25. The quantitative estimate of drug-likeness (QED) is 0.734. The second-order valence-electron chi connectivity index (χ2n) is 3.68. The Kier molecular flexibility index (Phi) is 2.96. The minimum atomic E-state index is -0.0501. The molecule has 1 aliphatic rings. The van der Waals surface area contributed by atoms with Crippen LogP contribution in [-0.2, 0) is 4.79 Å². The molecule has 0 aliphatic carbocycles. The monoisotopic (exact) mass is 210 g/mol. The summed E-state index contributed by atoms with van der Waals surface area (Å²) in [6, 6.07) is 0.183. The third-order valence-corrected chi connectivity index (χ3v) is 2.43. The van der Waals surface area contributed by atoms with Gasteiger partial charge in [0.1, 0.15) is 0 Å². The van der Waals surface area contributed by atoms with Gasteiger partial charge in [-0.05, 0) is 26.3 Å². The predicted octanol–water partition coefficient (Wildman–Crippen LogP) is 0.316. The van der Waals surface area contributed by atoms with Gasteiger partial charge < -0.3 is 9.84 Å². The van der Waals surface area contributed by atoms with Gasteiger partial charge >= 0.3 is 6.01 Å². The Balaban J connectivity index is 1.91. The van der Waals surface area contributed by atoms with E-state index in [2.05, 4.69) is 20.8 Å². The van der Waals surface area contributed by atoms with Crippen molar-refractivity contribution in [2.45, 2.75) is 19.8 Å². The smallest absolute Gasteiger partial charge is 0.316 e. The molecular weight excluding hydrogens is 196 g/mol. The topological polar surface area (TPSA) is 80.0 Å². The van der Waals surface area contributed by atoms with Crippen LogP contribution >= 0.6 is 0 Å². The molecule has 1 fully saturated rings. The highest BCUT2D eigenvalue weighted by molar-refractivity contribution is 5.90. The molecule has 6 heteroatoms. The summed E-state index contributed by atoms with van der Waals surface area (Å²) in [5.41, 5.74) is 0. The van der Waals surface area contributed by atoms with Crippen molar-refractivity contribution in [2.75, 3.05) is 18.4 Å². The molecule has 0 unspecified atom stereocenters. The van der Waals surface area contributed by atoms with E-state index in [9.17, 15) is 4.79 Å². The molecule has 2 heterocycles. The highest BCUT2D eigenvalue weighted by Crippen LogP contribution is 2.12. The second kappa shape index (κ2) is 4.39. The van der Waals surface area contributed by atoms with E-state index in [1.165, 1.54) is 0 Å². The molecule has 1 aliphatic heterocycles. The lowest BCUT2D eigenvalue weighted by molar-refractivity contribution is -0.120. The summed E-state index contributed by atoms with van der Waals surface area (Å²) in [5, 5.41) is 9.39. The number of carbonyl (C=O) groups excluding carboxylic acids is 1. The average Bonchev–Trinajstić information content (AvgIpc) is 2.65. The van der Waals surface area contributed by atoms with Gasteiger partial charge in [-0.25, -0.2) is 0 Å². The summed E-state index contributed by atoms with van der Waals surface area (Å²) < 4.78 is 4.81. The highest BCUT2D eigenvalue weighted by atomic mass is 16.5. The number of nitrogens with one attached hydrogen (secondary N) is 2. The molecule has 1 saturated heterocycles. The van der Waals surface area contributed by atoms with Crippen LogP contribution in [0.5, 0.6) is 0 Å². The molecule has 82 valence electrons. The molecule has 6 nitrogen and oxygen atoms in total. The van der Waals surface area contributed by atoms with Gasteiger partial charge in [0.05, 0.1) is 5.92 Å². The second-order valence-corrected chi connectivity index (χ2v) is 3.68. The fourth-order valence-electron chi connectivity index (χ4n) is 1.63. The van der Waals surface area contributed by atoms with E-state index in [-0.39, 0.29) is 17.8 Å². The van der Waals surface area contributed by atoms with Crippen LogP contribution < -0.4 is 10.6 Å². The Hall–Kier alpha value is -1.43. The van der Waals surface area contributed by atoms with Crippen molar-refractivity contribution < 1.29 is 9.32 Å². The Labute approximate surface area is 87.4 Å². The molecule has 1 amide bonds. The zero-order valence-corrected chi connectivity index (χ0v) is 8.62. The van der Waals surface area contributed by atoms with Crippen LogP contribution in [0.4, 0.5) is 6.01 Å². The fraction of sp³-hybridized carbons (Fsp3) is 0.667. The summed E-state index contributed by atoms with van der Waals surface area (Å²) in [6.07, 6.45) is 1.94. The number of hydrogen-bond acceptors (Lipinski definition) is 5. The summed E-state index contributed by atoms with van der Waals surface area (Å²) in [7, 11) is 0. The number of nitrogens with zero attached hydrogens (tertiary/aromatic N) is 2. The first kappa shape index (κ1) is 10.1. The molecule has 2 N–H and O–H groups in total. The molecule has 0 saturated carbocycles. The molecule has 0 spiro atoms. The summed E-state index contributed by atoms with van der Waals surface area (Å²) in [4.78, 5) is 15.6. The zero-order chi connectivity index (χ0) is 10.7. The maximum Gasteiger partial charge on any atom is 0.328 e. The number of aryl methyl sites for hydroxylation is 1. The van der Waals surface area contributed by atoms with Crippen LogP contribution in [-0.4, -0.2) is 29.1 Å². The van der Waals surface area contributed by atoms with E-state index < -0.39 is 0 Å². The third kappa shape index (κ3) is 2.53. The van der Waals surface area contributed by atoms with E-state index >= 15 is 0 Å².